The van der Waals surface area contributed by atoms with Gasteiger partial charge in [0.2, 0.25) is 0 Å². The lowest BCUT2D eigenvalue weighted by Crippen LogP contribution is -2.47. The quantitative estimate of drug-likeness (QED) is 0.255. The summed E-state index contributed by atoms with van der Waals surface area (Å²) in [7, 11) is 0. The molecule has 4 nitrogen and oxygen atoms in total. The summed E-state index contributed by atoms with van der Waals surface area (Å²) in [5, 5.41) is 19.5. The predicted molar refractivity (Wildman–Crippen MR) is 114 cm³/mol. The molecule has 3 atom stereocenters. The van der Waals surface area contributed by atoms with Gasteiger partial charge in [-0.1, -0.05) is 31.4 Å². The van der Waals surface area contributed by atoms with Crippen molar-refractivity contribution in [2.24, 2.45) is 11.3 Å². The van der Waals surface area contributed by atoms with Gasteiger partial charge in [-0.05, 0) is 82.2 Å². The lowest BCUT2D eigenvalue weighted by atomic mass is 9.61. The average Bonchev–Trinajstić information content (AvgIpc) is 3.35. The number of hydrogen-bond acceptors (Lipinski definition) is 3. The zero-order valence-corrected chi connectivity index (χ0v) is 18.0. The molecule has 1 aliphatic heterocycles. The summed E-state index contributed by atoms with van der Waals surface area (Å²) in [5.74, 6) is 0.137. The zero-order valence-electron chi connectivity index (χ0n) is 17.2. The van der Waals surface area contributed by atoms with Crippen LogP contribution in [0, 0.1) is 11.3 Å². The van der Waals surface area contributed by atoms with Crippen molar-refractivity contribution >= 4 is 17.6 Å². The van der Waals surface area contributed by atoms with E-state index in [0.29, 0.717) is 12.5 Å². The third-order valence-corrected chi connectivity index (χ3v) is 7.70. The SMILES string of the molecule is O=C(O)CCC/C=C\CC1CCCN1CCC(Cl)C(O)C1(CC2CC2)CCC1. The van der Waals surface area contributed by atoms with Crippen molar-refractivity contribution in [1.29, 1.82) is 0 Å². The van der Waals surface area contributed by atoms with Crippen molar-refractivity contribution in [3.05, 3.63) is 12.2 Å². The number of carboxylic acid groups (broad SMARTS) is 1. The maximum Gasteiger partial charge on any atom is 0.303 e. The van der Waals surface area contributed by atoms with E-state index < -0.39 is 5.97 Å². The smallest absolute Gasteiger partial charge is 0.303 e. The molecule has 0 amide bonds. The van der Waals surface area contributed by atoms with Crippen LogP contribution in [0.25, 0.3) is 0 Å². The number of carbonyl (C=O) groups is 1. The second kappa shape index (κ2) is 10.4. The number of hydrogen-bond donors (Lipinski definition) is 2. The van der Waals surface area contributed by atoms with Crippen LogP contribution < -0.4 is 0 Å². The van der Waals surface area contributed by atoms with Gasteiger partial charge in [0.15, 0.2) is 0 Å². The normalized spacial score (nSPS) is 27.0. The zero-order chi connectivity index (χ0) is 20.0. The fourth-order valence-electron chi connectivity index (χ4n) is 5.18. The van der Waals surface area contributed by atoms with E-state index in [9.17, 15) is 9.90 Å². The number of nitrogens with zero attached hydrogens (tertiary/aromatic N) is 1. The maximum absolute atomic E-state index is 11.0. The highest BCUT2D eigenvalue weighted by atomic mass is 35.5. The van der Waals surface area contributed by atoms with E-state index in [1.54, 1.807) is 0 Å². The molecule has 0 bridgehead atoms. The molecule has 2 saturated carbocycles. The Hall–Kier alpha value is -0.580. The van der Waals surface area contributed by atoms with E-state index in [0.717, 1.165) is 51.1 Å². The van der Waals surface area contributed by atoms with Crippen LogP contribution in [0.4, 0.5) is 0 Å². The first-order valence-corrected chi connectivity index (χ1v) is 11.9. The molecule has 1 saturated heterocycles. The van der Waals surface area contributed by atoms with Gasteiger partial charge >= 0.3 is 5.97 Å². The van der Waals surface area contributed by atoms with Gasteiger partial charge < -0.3 is 15.1 Å². The molecule has 3 unspecified atom stereocenters. The molecule has 2 aliphatic carbocycles. The number of allylic oxidation sites excluding steroid dienone is 1. The van der Waals surface area contributed by atoms with Gasteiger partial charge in [0.25, 0.3) is 0 Å². The monoisotopic (exact) mass is 411 g/mol. The highest BCUT2D eigenvalue weighted by molar-refractivity contribution is 6.21. The summed E-state index contributed by atoms with van der Waals surface area (Å²) in [5.41, 5.74) is 0.122. The van der Waals surface area contributed by atoms with Crippen LogP contribution in [-0.4, -0.2) is 51.7 Å². The Labute approximate surface area is 175 Å². The Morgan fingerprint density at radius 1 is 1.21 bits per heavy atom. The molecular formula is C23H38ClNO3. The Morgan fingerprint density at radius 2 is 2.00 bits per heavy atom. The summed E-state index contributed by atoms with van der Waals surface area (Å²) < 4.78 is 0. The number of likely N-dealkylation sites (tertiary alicyclic amines) is 1. The molecule has 3 rings (SSSR count). The van der Waals surface area contributed by atoms with Crippen molar-refractivity contribution < 1.29 is 15.0 Å². The van der Waals surface area contributed by atoms with Crippen molar-refractivity contribution in [3.8, 4) is 0 Å². The van der Waals surface area contributed by atoms with E-state index >= 15 is 0 Å². The Bertz CT molecular complexity index is 530. The van der Waals surface area contributed by atoms with E-state index in [1.807, 2.05) is 0 Å². The predicted octanol–water partition coefficient (Wildman–Crippen LogP) is 4.98. The molecule has 0 spiro atoms. The van der Waals surface area contributed by atoms with Crippen LogP contribution in [0.5, 0.6) is 0 Å². The maximum atomic E-state index is 11.0. The number of carboxylic acids is 1. The van der Waals surface area contributed by atoms with Crippen molar-refractivity contribution in [2.45, 2.75) is 101 Å². The molecule has 0 aromatic heterocycles. The lowest BCUT2D eigenvalue weighted by Gasteiger charge is -2.47. The van der Waals surface area contributed by atoms with Gasteiger partial charge in [0, 0.05) is 12.5 Å². The molecule has 0 aromatic rings. The van der Waals surface area contributed by atoms with Gasteiger partial charge in [-0.2, -0.15) is 0 Å². The fourth-order valence-corrected chi connectivity index (χ4v) is 5.54. The number of unbranched alkanes of at least 4 members (excludes halogenated alkanes) is 1. The minimum Gasteiger partial charge on any atom is -0.481 e. The topological polar surface area (TPSA) is 60.8 Å². The van der Waals surface area contributed by atoms with Gasteiger partial charge in [-0.15, -0.1) is 11.6 Å². The number of aliphatic hydroxyl groups is 1. The fraction of sp³-hybridized carbons (Fsp3) is 0.870. The highest BCUT2D eigenvalue weighted by Crippen LogP contribution is 2.54. The van der Waals surface area contributed by atoms with Crippen molar-refractivity contribution in [3.63, 3.8) is 0 Å². The van der Waals surface area contributed by atoms with Crippen LogP contribution in [0.2, 0.25) is 0 Å². The van der Waals surface area contributed by atoms with Gasteiger partial charge in [0.1, 0.15) is 0 Å². The molecule has 5 heteroatoms. The Morgan fingerprint density at radius 3 is 2.64 bits per heavy atom. The van der Waals surface area contributed by atoms with Crippen LogP contribution in [0.3, 0.4) is 0 Å². The highest BCUT2D eigenvalue weighted by Gasteiger charge is 2.48. The summed E-state index contributed by atoms with van der Waals surface area (Å²) in [6.07, 6.45) is 17.6. The van der Waals surface area contributed by atoms with E-state index in [2.05, 4.69) is 17.1 Å². The van der Waals surface area contributed by atoms with Crippen molar-refractivity contribution in [2.75, 3.05) is 13.1 Å². The Balaban J connectivity index is 1.37. The molecule has 160 valence electrons. The third kappa shape index (κ3) is 6.21. The van der Waals surface area contributed by atoms with Crippen LogP contribution in [0.1, 0.15) is 83.5 Å². The van der Waals surface area contributed by atoms with Crippen molar-refractivity contribution in [1.82, 2.24) is 4.90 Å². The minimum atomic E-state index is -0.714. The average molecular weight is 412 g/mol. The molecule has 1 heterocycles. The molecule has 0 radical (unpaired) electrons. The first-order valence-electron chi connectivity index (χ1n) is 11.4. The summed E-state index contributed by atoms with van der Waals surface area (Å²) in [4.78, 5) is 13.1. The molecular weight excluding hydrogens is 374 g/mol. The van der Waals surface area contributed by atoms with Gasteiger partial charge in [0.05, 0.1) is 11.5 Å². The first kappa shape index (κ1) is 22.1. The Kier molecular flexibility index (Phi) is 8.25. The lowest BCUT2D eigenvalue weighted by molar-refractivity contribution is -0.137. The summed E-state index contributed by atoms with van der Waals surface area (Å²) >= 11 is 6.71. The number of aliphatic carboxylic acids is 1. The molecule has 2 N–H and O–H groups in total. The first-order chi connectivity index (χ1) is 13.5. The number of rotatable bonds is 13. The van der Waals surface area contributed by atoms with E-state index in [1.165, 1.54) is 38.5 Å². The van der Waals surface area contributed by atoms with E-state index in [-0.39, 0.29) is 23.3 Å². The molecule has 0 aromatic carbocycles. The molecule has 3 fully saturated rings. The summed E-state index contributed by atoms with van der Waals surface area (Å²) in [6.45, 7) is 2.10. The molecule has 28 heavy (non-hydrogen) atoms. The third-order valence-electron chi connectivity index (χ3n) is 7.24. The number of alkyl halides is 1. The van der Waals surface area contributed by atoms with E-state index in [4.69, 9.17) is 16.7 Å². The largest absolute Gasteiger partial charge is 0.481 e. The second-order valence-electron chi connectivity index (χ2n) is 9.44. The number of aliphatic hydroxyl groups excluding tert-OH is 1. The molecule has 3 aliphatic rings. The minimum absolute atomic E-state index is 0.122. The van der Waals surface area contributed by atoms with Crippen LogP contribution in [0.15, 0.2) is 12.2 Å². The van der Waals surface area contributed by atoms with Gasteiger partial charge in [-0.3, -0.25) is 4.79 Å². The van der Waals surface area contributed by atoms with Gasteiger partial charge in [-0.25, -0.2) is 0 Å². The summed E-state index contributed by atoms with van der Waals surface area (Å²) in [6, 6.07) is 0.570. The second-order valence-corrected chi connectivity index (χ2v) is 10.00. The van der Waals surface area contributed by atoms with Crippen LogP contribution in [-0.2, 0) is 4.79 Å². The van der Waals surface area contributed by atoms with Crippen LogP contribution >= 0.6 is 11.6 Å². The number of halogens is 1. The standard InChI is InChI=1S/C23H38ClNO3/c24-20(22(28)23(13-6-14-23)17-18-10-11-18)12-16-25-15-5-8-19(25)7-3-1-2-4-9-21(26)27/h1,3,18-20,22,28H,2,4-17H2,(H,26,27)/b3-1-.